The van der Waals surface area contributed by atoms with E-state index in [2.05, 4.69) is 0 Å². The Morgan fingerprint density at radius 3 is 2.70 bits per heavy atom. The molecule has 1 heterocycles. The highest BCUT2D eigenvalue weighted by atomic mass is 32.2. The minimum absolute atomic E-state index is 0.0329. The first kappa shape index (κ1) is 19.3. The molecule has 2 aromatic carbocycles. The Hall–Kier alpha value is -2.45. The maximum atomic E-state index is 13.1. The molecule has 1 saturated heterocycles. The fraction of sp³-hybridized carbons (Fsp3) is 0.368. The van der Waals surface area contributed by atoms with Crippen molar-refractivity contribution < 1.29 is 18.1 Å². The summed E-state index contributed by atoms with van der Waals surface area (Å²) in [5.74, 6) is 0.797. The molecule has 1 aliphatic heterocycles. The number of hydrogen-bond acceptors (Lipinski definition) is 5. The van der Waals surface area contributed by atoms with Gasteiger partial charge < -0.3 is 4.74 Å². The average molecular weight is 390 g/mol. The minimum atomic E-state index is -3.78. The molecular weight excluding hydrogens is 368 g/mol. The van der Waals surface area contributed by atoms with Crippen LogP contribution in [0.4, 0.5) is 5.69 Å². The summed E-state index contributed by atoms with van der Waals surface area (Å²) in [5.41, 5.74) is 1.82. The monoisotopic (exact) mass is 390 g/mol. The molecule has 1 fully saturated rings. The molecule has 3 rings (SSSR count). The SMILES string of the molecule is COc1ccc(CC2CCCN2S(=O)(=O)c2cccc([N+](=O)[O-])c2)cc1C. The van der Waals surface area contributed by atoms with E-state index in [9.17, 15) is 18.5 Å². The molecule has 27 heavy (non-hydrogen) atoms. The second kappa shape index (κ2) is 7.66. The van der Waals surface area contributed by atoms with Crippen LogP contribution in [0.3, 0.4) is 0 Å². The van der Waals surface area contributed by atoms with Crippen LogP contribution in [-0.4, -0.2) is 37.3 Å². The van der Waals surface area contributed by atoms with Gasteiger partial charge in [0.15, 0.2) is 0 Å². The highest BCUT2D eigenvalue weighted by Crippen LogP contribution is 2.30. The number of ether oxygens (including phenoxy) is 1. The minimum Gasteiger partial charge on any atom is -0.496 e. The van der Waals surface area contributed by atoms with Gasteiger partial charge in [0.25, 0.3) is 5.69 Å². The van der Waals surface area contributed by atoms with Gasteiger partial charge in [-0.15, -0.1) is 0 Å². The first-order valence-corrected chi connectivity index (χ1v) is 10.2. The maximum absolute atomic E-state index is 13.1. The quantitative estimate of drug-likeness (QED) is 0.558. The van der Waals surface area contributed by atoms with Crippen molar-refractivity contribution in [3.05, 3.63) is 63.7 Å². The van der Waals surface area contributed by atoms with Crippen molar-refractivity contribution in [1.82, 2.24) is 4.31 Å². The Kier molecular flexibility index (Phi) is 5.48. The third-order valence-electron chi connectivity index (χ3n) is 4.89. The van der Waals surface area contributed by atoms with E-state index in [0.717, 1.165) is 35.8 Å². The maximum Gasteiger partial charge on any atom is 0.270 e. The van der Waals surface area contributed by atoms with Gasteiger partial charge in [-0.3, -0.25) is 10.1 Å². The number of non-ortho nitro benzene ring substituents is 1. The molecule has 1 unspecified atom stereocenters. The zero-order valence-electron chi connectivity index (χ0n) is 15.3. The number of nitro benzene ring substituents is 1. The molecule has 0 aromatic heterocycles. The van der Waals surface area contributed by atoms with Gasteiger partial charge in [-0.2, -0.15) is 4.31 Å². The van der Waals surface area contributed by atoms with Crippen LogP contribution >= 0.6 is 0 Å². The number of rotatable bonds is 6. The van der Waals surface area contributed by atoms with Gasteiger partial charge in [0.05, 0.1) is 16.9 Å². The summed E-state index contributed by atoms with van der Waals surface area (Å²) in [6.45, 7) is 2.37. The summed E-state index contributed by atoms with van der Waals surface area (Å²) in [4.78, 5) is 10.4. The third kappa shape index (κ3) is 3.96. The zero-order chi connectivity index (χ0) is 19.6. The van der Waals surface area contributed by atoms with Gasteiger partial charge in [0.1, 0.15) is 5.75 Å². The van der Waals surface area contributed by atoms with E-state index in [1.165, 1.54) is 22.5 Å². The highest BCUT2D eigenvalue weighted by molar-refractivity contribution is 7.89. The van der Waals surface area contributed by atoms with Crippen LogP contribution in [0.1, 0.15) is 24.0 Å². The van der Waals surface area contributed by atoms with E-state index in [1.807, 2.05) is 25.1 Å². The summed E-state index contributed by atoms with van der Waals surface area (Å²) in [6, 6.07) is 10.9. The predicted molar refractivity (Wildman–Crippen MR) is 101 cm³/mol. The molecule has 0 amide bonds. The summed E-state index contributed by atoms with van der Waals surface area (Å²) in [5, 5.41) is 11.0. The van der Waals surface area contributed by atoms with Crippen LogP contribution < -0.4 is 4.74 Å². The Balaban J connectivity index is 1.86. The van der Waals surface area contributed by atoms with Gasteiger partial charge >= 0.3 is 0 Å². The molecule has 0 saturated carbocycles. The van der Waals surface area contributed by atoms with Crippen molar-refractivity contribution in [2.75, 3.05) is 13.7 Å². The lowest BCUT2D eigenvalue weighted by molar-refractivity contribution is -0.385. The third-order valence-corrected chi connectivity index (χ3v) is 6.84. The van der Waals surface area contributed by atoms with E-state index < -0.39 is 14.9 Å². The predicted octanol–water partition coefficient (Wildman–Crippen LogP) is 3.31. The molecule has 7 nitrogen and oxygen atoms in total. The molecule has 144 valence electrons. The van der Waals surface area contributed by atoms with Crippen LogP contribution in [0.5, 0.6) is 5.75 Å². The second-order valence-electron chi connectivity index (χ2n) is 6.67. The summed E-state index contributed by atoms with van der Waals surface area (Å²) >= 11 is 0. The van der Waals surface area contributed by atoms with Crippen molar-refractivity contribution in [2.24, 2.45) is 0 Å². The zero-order valence-corrected chi connectivity index (χ0v) is 16.1. The number of nitro groups is 1. The molecule has 0 radical (unpaired) electrons. The lowest BCUT2D eigenvalue weighted by Crippen LogP contribution is -2.36. The number of sulfonamides is 1. The van der Waals surface area contributed by atoms with Crippen molar-refractivity contribution in [3.63, 3.8) is 0 Å². The van der Waals surface area contributed by atoms with Gasteiger partial charge in [0, 0.05) is 24.7 Å². The Bertz CT molecular complexity index is 958. The van der Waals surface area contributed by atoms with Gasteiger partial charge in [-0.1, -0.05) is 18.2 Å². The molecular formula is C19H22N2O5S. The van der Waals surface area contributed by atoms with E-state index in [-0.39, 0.29) is 16.6 Å². The highest BCUT2D eigenvalue weighted by Gasteiger charge is 2.35. The van der Waals surface area contributed by atoms with Crippen LogP contribution in [0.2, 0.25) is 0 Å². The molecule has 0 N–H and O–H groups in total. The standard InChI is InChI=1S/C19H22N2O5S/c1-14-11-15(8-9-19(14)26-2)12-16-6-4-10-20(16)27(24,25)18-7-3-5-17(13-18)21(22)23/h3,5,7-9,11,13,16H,4,6,10,12H2,1-2H3. The summed E-state index contributed by atoms with van der Waals surface area (Å²) < 4.78 is 32.9. The molecule has 0 aliphatic carbocycles. The van der Waals surface area contributed by atoms with E-state index in [1.54, 1.807) is 7.11 Å². The van der Waals surface area contributed by atoms with Crippen LogP contribution in [0.15, 0.2) is 47.4 Å². The molecule has 1 atom stereocenters. The normalized spacial score (nSPS) is 17.8. The molecule has 1 aliphatic rings. The number of benzene rings is 2. The van der Waals surface area contributed by atoms with Crippen LogP contribution in [0.25, 0.3) is 0 Å². The molecule has 0 bridgehead atoms. The van der Waals surface area contributed by atoms with Crippen molar-refractivity contribution >= 4 is 15.7 Å². The first-order valence-electron chi connectivity index (χ1n) is 8.73. The molecule has 8 heteroatoms. The average Bonchev–Trinajstić information content (AvgIpc) is 3.11. The number of nitrogens with zero attached hydrogens (tertiary/aromatic N) is 2. The van der Waals surface area contributed by atoms with Crippen molar-refractivity contribution in [3.8, 4) is 5.75 Å². The van der Waals surface area contributed by atoms with Gasteiger partial charge in [0.2, 0.25) is 10.0 Å². The van der Waals surface area contributed by atoms with E-state index in [4.69, 9.17) is 4.74 Å². The van der Waals surface area contributed by atoms with Gasteiger partial charge in [-0.25, -0.2) is 8.42 Å². The Morgan fingerprint density at radius 1 is 1.26 bits per heavy atom. The number of hydrogen-bond donors (Lipinski definition) is 0. The Labute approximate surface area is 158 Å². The lowest BCUT2D eigenvalue weighted by atomic mass is 10.0. The topological polar surface area (TPSA) is 89.8 Å². The molecule has 0 spiro atoms. The second-order valence-corrected chi connectivity index (χ2v) is 8.56. The number of methoxy groups -OCH3 is 1. The number of aryl methyl sites for hydroxylation is 1. The lowest BCUT2D eigenvalue weighted by Gasteiger charge is -2.24. The fourth-order valence-corrected chi connectivity index (χ4v) is 5.30. The molecule has 2 aromatic rings. The summed E-state index contributed by atoms with van der Waals surface area (Å²) in [6.07, 6.45) is 2.13. The Morgan fingerprint density at radius 2 is 2.04 bits per heavy atom. The van der Waals surface area contributed by atoms with Crippen molar-refractivity contribution in [1.29, 1.82) is 0 Å². The van der Waals surface area contributed by atoms with E-state index >= 15 is 0 Å². The largest absolute Gasteiger partial charge is 0.496 e. The smallest absolute Gasteiger partial charge is 0.270 e. The first-order chi connectivity index (χ1) is 12.8. The fourth-order valence-electron chi connectivity index (χ4n) is 3.56. The van der Waals surface area contributed by atoms with Gasteiger partial charge in [-0.05, 0) is 49.4 Å². The van der Waals surface area contributed by atoms with E-state index in [0.29, 0.717) is 13.0 Å². The van der Waals surface area contributed by atoms with Crippen LogP contribution in [-0.2, 0) is 16.4 Å². The summed E-state index contributed by atoms with van der Waals surface area (Å²) in [7, 11) is -2.17. The van der Waals surface area contributed by atoms with Crippen LogP contribution in [0, 0.1) is 17.0 Å². The van der Waals surface area contributed by atoms with Crippen molar-refractivity contribution in [2.45, 2.75) is 37.1 Å².